The average Bonchev–Trinajstić information content (AvgIpc) is 2.73. The van der Waals surface area contributed by atoms with E-state index >= 15 is 0 Å². The van der Waals surface area contributed by atoms with E-state index in [9.17, 15) is 4.79 Å². The minimum absolute atomic E-state index is 0.342. The van der Waals surface area contributed by atoms with Crippen molar-refractivity contribution in [3.63, 3.8) is 0 Å². The van der Waals surface area contributed by atoms with Crippen LogP contribution >= 0.6 is 22.9 Å². The molecule has 1 saturated heterocycles. The van der Waals surface area contributed by atoms with E-state index in [4.69, 9.17) is 11.6 Å². The maximum Gasteiger partial charge on any atom is 0.138 e. The highest BCUT2D eigenvalue weighted by Crippen LogP contribution is 2.23. The molecule has 1 aliphatic heterocycles. The molecular weight excluding hydrogens is 254 g/mol. The van der Waals surface area contributed by atoms with Crippen molar-refractivity contribution >= 4 is 28.7 Å². The van der Waals surface area contributed by atoms with Crippen LogP contribution in [0.3, 0.4) is 0 Å². The van der Waals surface area contributed by atoms with Crippen LogP contribution in [0.5, 0.6) is 0 Å². The summed E-state index contributed by atoms with van der Waals surface area (Å²) >= 11 is 7.35. The van der Waals surface area contributed by atoms with E-state index < -0.39 is 0 Å². The standard InChI is InChI=1S/C13H18ClNOS/c14-13-6-5-12(17-13)8-11(16)4-3-10-2-1-7-15-9-10/h5-6,10,15H,1-4,7-9H2. The molecule has 1 aromatic heterocycles. The molecule has 4 heteroatoms. The summed E-state index contributed by atoms with van der Waals surface area (Å²) in [4.78, 5) is 12.9. The van der Waals surface area contributed by atoms with E-state index in [0.717, 1.165) is 28.7 Å². The van der Waals surface area contributed by atoms with E-state index in [1.807, 2.05) is 12.1 Å². The smallest absolute Gasteiger partial charge is 0.138 e. The Hall–Kier alpha value is -0.380. The normalized spacial score (nSPS) is 20.4. The lowest BCUT2D eigenvalue weighted by molar-refractivity contribution is -0.118. The molecule has 1 N–H and O–H groups in total. The highest BCUT2D eigenvalue weighted by atomic mass is 35.5. The second kappa shape index (κ2) is 6.53. The number of hydrogen-bond acceptors (Lipinski definition) is 3. The van der Waals surface area contributed by atoms with Crippen LogP contribution in [0.15, 0.2) is 12.1 Å². The zero-order valence-electron chi connectivity index (χ0n) is 9.88. The summed E-state index contributed by atoms with van der Waals surface area (Å²) in [6, 6.07) is 3.81. The van der Waals surface area contributed by atoms with Gasteiger partial charge in [0.05, 0.1) is 4.34 Å². The lowest BCUT2D eigenvalue weighted by atomic mass is 9.93. The van der Waals surface area contributed by atoms with Gasteiger partial charge in [-0.3, -0.25) is 4.79 Å². The lowest BCUT2D eigenvalue weighted by Gasteiger charge is -2.22. The molecule has 0 saturated carbocycles. The number of hydrogen-bond donors (Lipinski definition) is 1. The second-order valence-corrected chi connectivity index (χ2v) is 6.47. The van der Waals surface area contributed by atoms with Gasteiger partial charge in [-0.05, 0) is 50.4 Å². The van der Waals surface area contributed by atoms with Gasteiger partial charge in [-0.25, -0.2) is 0 Å². The molecule has 94 valence electrons. The Balaban J connectivity index is 1.70. The first-order valence-electron chi connectivity index (χ1n) is 6.20. The summed E-state index contributed by atoms with van der Waals surface area (Å²) in [7, 11) is 0. The Bertz CT molecular complexity index is 371. The molecule has 0 aliphatic carbocycles. The van der Waals surface area contributed by atoms with Crippen LogP contribution in [-0.2, 0) is 11.2 Å². The maximum atomic E-state index is 11.8. The van der Waals surface area contributed by atoms with E-state index in [1.165, 1.54) is 24.2 Å². The van der Waals surface area contributed by atoms with Gasteiger partial charge in [0.15, 0.2) is 0 Å². The Morgan fingerprint density at radius 1 is 1.53 bits per heavy atom. The number of rotatable bonds is 5. The van der Waals surface area contributed by atoms with Crippen molar-refractivity contribution in [3.05, 3.63) is 21.3 Å². The minimum atomic E-state index is 0.342. The van der Waals surface area contributed by atoms with Crippen molar-refractivity contribution in [2.24, 2.45) is 5.92 Å². The number of Topliss-reactive ketones (excluding diaryl/α,β-unsaturated/α-hetero) is 1. The summed E-state index contributed by atoms with van der Waals surface area (Å²) < 4.78 is 0.768. The van der Waals surface area contributed by atoms with E-state index in [2.05, 4.69) is 5.32 Å². The van der Waals surface area contributed by atoms with Gasteiger partial charge in [0.2, 0.25) is 0 Å². The van der Waals surface area contributed by atoms with Gasteiger partial charge in [-0.1, -0.05) is 11.6 Å². The quantitative estimate of drug-likeness (QED) is 0.890. The van der Waals surface area contributed by atoms with Crippen molar-refractivity contribution in [2.75, 3.05) is 13.1 Å². The molecule has 0 aromatic carbocycles. The number of carbonyl (C=O) groups is 1. The Labute approximate surface area is 111 Å². The van der Waals surface area contributed by atoms with E-state index in [1.54, 1.807) is 0 Å². The van der Waals surface area contributed by atoms with Crippen LogP contribution in [0.25, 0.3) is 0 Å². The first kappa shape index (κ1) is 13.1. The fraction of sp³-hybridized carbons (Fsp3) is 0.615. The Morgan fingerprint density at radius 2 is 2.41 bits per heavy atom. The average molecular weight is 272 g/mol. The minimum Gasteiger partial charge on any atom is -0.316 e. The highest BCUT2D eigenvalue weighted by molar-refractivity contribution is 7.16. The van der Waals surface area contributed by atoms with Gasteiger partial charge < -0.3 is 5.32 Å². The molecule has 17 heavy (non-hydrogen) atoms. The fourth-order valence-electron chi connectivity index (χ4n) is 2.26. The van der Waals surface area contributed by atoms with Gasteiger partial charge in [-0.15, -0.1) is 11.3 Å². The van der Waals surface area contributed by atoms with E-state index in [0.29, 0.717) is 24.5 Å². The molecule has 2 rings (SSSR count). The van der Waals surface area contributed by atoms with Crippen molar-refractivity contribution in [1.29, 1.82) is 0 Å². The maximum absolute atomic E-state index is 11.8. The molecule has 0 amide bonds. The van der Waals surface area contributed by atoms with Gasteiger partial charge in [0.25, 0.3) is 0 Å². The van der Waals surface area contributed by atoms with Gasteiger partial charge in [0, 0.05) is 17.7 Å². The van der Waals surface area contributed by atoms with Crippen LogP contribution in [0.1, 0.15) is 30.6 Å². The second-order valence-electron chi connectivity index (χ2n) is 4.67. The molecule has 0 bridgehead atoms. The SMILES string of the molecule is O=C(CCC1CCCNC1)Cc1ccc(Cl)s1. The first-order chi connectivity index (χ1) is 8.24. The van der Waals surface area contributed by atoms with Crippen molar-refractivity contribution in [2.45, 2.75) is 32.1 Å². The molecule has 1 unspecified atom stereocenters. The first-order valence-corrected chi connectivity index (χ1v) is 7.40. The van der Waals surface area contributed by atoms with Crippen LogP contribution in [0.4, 0.5) is 0 Å². The Kier molecular flexibility index (Phi) is 5.01. The zero-order valence-corrected chi connectivity index (χ0v) is 11.4. The predicted octanol–water partition coefficient (Wildman–Crippen LogP) is 3.29. The third kappa shape index (κ3) is 4.41. The summed E-state index contributed by atoms with van der Waals surface area (Å²) in [6.07, 6.45) is 4.81. The molecule has 2 nitrogen and oxygen atoms in total. The van der Waals surface area contributed by atoms with Crippen molar-refractivity contribution < 1.29 is 4.79 Å². The van der Waals surface area contributed by atoms with Gasteiger partial charge in [-0.2, -0.15) is 0 Å². The van der Waals surface area contributed by atoms with Gasteiger partial charge >= 0.3 is 0 Å². The summed E-state index contributed by atoms with van der Waals surface area (Å²) in [6.45, 7) is 2.22. The van der Waals surface area contributed by atoms with E-state index in [-0.39, 0.29) is 0 Å². The molecule has 1 atom stereocenters. The Morgan fingerprint density at radius 3 is 3.06 bits per heavy atom. The third-order valence-electron chi connectivity index (χ3n) is 3.23. The fourth-order valence-corrected chi connectivity index (χ4v) is 3.38. The van der Waals surface area contributed by atoms with Crippen LogP contribution in [0.2, 0.25) is 4.34 Å². The molecule has 1 aromatic rings. The third-order valence-corrected chi connectivity index (χ3v) is 4.46. The summed E-state index contributed by atoms with van der Waals surface area (Å²) in [5.41, 5.74) is 0. The van der Waals surface area contributed by atoms with Gasteiger partial charge in [0.1, 0.15) is 5.78 Å². The van der Waals surface area contributed by atoms with Crippen LogP contribution in [-0.4, -0.2) is 18.9 Å². The van der Waals surface area contributed by atoms with Crippen molar-refractivity contribution in [3.8, 4) is 0 Å². The number of piperidine rings is 1. The number of nitrogens with one attached hydrogen (secondary N) is 1. The van der Waals surface area contributed by atoms with Crippen molar-refractivity contribution in [1.82, 2.24) is 5.32 Å². The predicted molar refractivity (Wildman–Crippen MR) is 72.9 cm³/mol. The topological polar surface area (TPSA) is 29.1 Å². The largest absolute Gasteiger partial charge is 0.316 e. The summed E-state index contributed by atoms with van der Waals surface area (Å²) in [5, 5.41) is 3.38. The molecular formula is C13H18ClNOS. The monoisotopic (exact) mass is 271 g/mol. The molecule has 0 radical (unpaired) electrons. The number of carbonyl (C=O) groups excluding carboxylic acids is 1. The van der Waals surface area contributed by atoms with Crippen LogP contribution in [0, 0.1) is 5.92 Å². The number of ketones is 1. The summed E-state index contributed by atoms with van der Waals surface area (Å²) in [5.74, 6) is 1.04. The highest BCUT2D eigenvalue weighted by Gasteiger charge is 2.14. The number of halogens is 1. The molecule has 0 spiro atoms. The number of thiophene rings is 1. The molecule has 1 aliphatic rings. The zero-order chi connectivity index (χ0) is 12.1. The molecule has 1 fully saturated rings. The molecule has 2 heterocycles. The van der Waals surface area contributed by atoms with Crippen LogP contribution < -0.4 is 5.32 Å². The lowest BCUT2D eigenvalue weighted by Crippen LogP contribution is -2.30.